The van der Waals surface area contributed by atoms with Crippen molar-refractivity contribution in [1.82, 2.24) is 15.2 Å². The first-order valence-corrected chi connectivity index (χ1v) is 9.62. The van der Waals surface area contributed by atoms with E-state index in [1.54, 1.807) is 12.1 Å². The van der Waals surface area contributed by atoms with Crippen molar-refractivity contribution in [3.63, 3.8) is 0 Å². The van der Waals surface area contributed by atoms with Crippen LogP contribution in [0.5, 0.6) is 0 Å². The number of hydrogen-bond acceptors (Lipinski definition) is 4. The van der Waals surface area contributed by atoms with Gasteiger partial charge in [0.25, 0.3) is 0 Å². The predicted octanol–water partition coefficient (Wildman–Crippen LogP) is 3.34. The lowest BCUT2D eigenvalue weighted by Crippen LogP contribution is -2.33. The van der Waals surface area contributed by atoms with Gasteiger partial charge in [0.05, 0.1) is 17.1 Å². The third-order valence-corrected chi connectivity index (χ3v) is 6.26. The Labute approximate surface area is 154 Å². The molecule has 1 amide bonds. The highest BCUT2D eigenvalue weighted by Crippen LogP contribution is 2.33. The van der Waals surface area contributed by atoms with Crippen molar-refractivity contribution < 1.29 is 4.79 Å². The SMILES string of the molecule is O=C(Cc1csc(-c2ccc(Cl)cc2Cl)n1)N1C[C@H]2CNC[C@H]2C1. The van der Waals surface area contributed by atoms with Crippen LogP contribution in [-0.2, 0) is 11.2 Å². The normalized spacial score (nSPS) is 22.8. The van der Waals surface area contributed by atoms with Crippen LogP contribution in [0.1, 0.15) is 5.69 Å². The fraction of sp³-hybridized carbons (Fsp3) is 0.412. The van der Waals surface area contributed by atoms with Gasteiger partial charge in [-0.15, -0.1) is 11.3 Å². The number of fused-ring (bicyclic) bond motifs is 1. The number of hydrogen-bond donors (Lipinski definition) is 1. The molecule has 2 saturated heterocycles. The second kappa shape index (κ2) is 6.64. The van der Waals surface area contributed by atoms with Crippen LogP contribution < -0.4 is 5.32 Å². The third kappa shape index (κ3) is 3.18. The van der Waals surface area contributed by atoms with E-state index in [1.165, 1.54) is 11.3 Å². The minimum atomic E-state index is 0.170. The number of rotatable bonds is 3. The van der Waals surface area contributed by atoms with Gasteiger partial charge in [-0.1, -0.05) is 23.2 Å². The summed E-state index contributed by atoms with van der Waals surface area (Å²) in [5.74, 6) is 1.41. The average molecular weight is 382 g/mol. The number of halogens is 2. The molecule has 2 aromatic rings. The predicted molar refractivity (Wildman–Crippen MR) is 97.7 cm³/mol. The Morgan fingerprint density at radius 3 is 2.75 bits per heavy atom. The summed E-state index contributed by atoms with van der Waals surface area (Å²) in [5.41, 5.74) is 1.66. The van der Waals surface area contributed by atoms with E-state index in [-0.39, 0.29) is 5.91 Å². The lowest BCUT2D eigenvalue weighted by molar-refractivity contribution is -0.129. The molecular formula is C17H17Cl2N3OS. The van der Waals surface area contributed by atoms with Crippen molar-refractivity contribution in [2.45, 2.75) is 6.42 Å². The Morgan fingerprint density at radius 1 is 1.29 bits per heavy atom. The van der Waals surface area contributed by atoms with E-state index >= 15 is 0 Å². The molecule has 4 rings (SSSR count). The first kappa shape index (κ1) is 16.3. The highest BCUT2D eigenvalue weighted by Gasteiger charge is 2.37. The molecule has 0 bridgehead atoms. The number of nitrogens with zero attached hydrogens (tertiary/aromatic N) is 2. The topological polar surface area (TPSA) is 45.2 Å². The van der Waals surface area contributed by atoms with Gasteiger partial charge in [0.1, 0.15) is 5.01 Å². The molecule has 3 heterocycles. The molecule has 2 atom stereocenters. The second-order valence-electron chi connectivity index (χ2n) is 6.42. The maximum Gasteiger partial charge on any atom is 0.228 e. The lowest BCUT2D eigenvalue weighted by atomic mass is 10.0. The monoisotopic (exact) mass is 381 g/mol. The van der Waals surface area contributed by atoms with Crippen molar-refractivity contribution in [1.29, 1.82) is 0 Å². The lowest BCUT2D eigenvalue weighted by Gasteiger charge is -2.16. The number of carbonyl (C=O) groups is 1. The Balaban J connectivity index is 1.44. The number of thiazole rings is 1. The summed E-state index contributed by atoms with van der Waals surface area (Å²) in [5, 5.41) is 7.34. The summed E-state index contributed by atoms with van der Waals surface area (Å²) in [6.45, 7) is 3.81. The Morgan fingerprint density at radius 2 is 2.04 bits per heavy atom. The molecule has 1 aromatic heterocycles. The van der Waals surface area contributed by atoms with Crippen LogP contribution in [0.15, 0.2) is 23.6 Å². The van der Waals surface area contributed by atoms with Gasteiger partial charge in [0.2, 0.25) is 5.91 Å². The summed E-state index contributed by atoms with van der Waals surface area (Å²) in [4.78, 5) is 19.1. The van der Waals surface area contributed by atoms with Gasteiger partial charge in [0.15, 0.2) is 0 Å². The number of likely N-dealkylation sites (tertiary alicyclic amines) is 1. The zero-order valence-electron chi connectivity index (χ0n) is 13.0. The molecule has 1 aromatic carbocycles. The van der Waals surface area contributed by atoms with Crippen molar-refractivity contribution in [2.75, 3.05) is 26.2 Å². The molecule has 126 valence electrons. The smallest absolute Gasteiger partial charge is 0.228 e. The fourth-order valence-corrected chi connectivity index (χ4v) is 4.91. The standard InChI is InChI=1S/C17H17Cl2N3OS/c18-12-1-2-14(15(19)3-12)17-21-13(9-24-17)4-16(23)22-7-10-5-20-6-11(10)8-22/h1-3,9-11,20H,4-8H2/t10-,11+. The molecule has 4 nitrogen and oxygen atoms in total. The minimum Gasteiger partial charge on any atom is -0.342 e. The largest absolute Gasteiger partial charge is 0.342 e. The number of aromatic nitrogens is 1. The molecule has 0 unspecified atom stereocenters. The van der Waals surface area contributed by atoms with Crippen LogP contribution in [0.2, 0.25) is 10.0 Å². The molecule has 2 aliphatic rings. The highest BCUT2D eigenvalue weighted by atomic mass is 35.5. The van der Waals surface area contributed by atoms with Crippen LogP contribution in [0.3, 0.4) is 0 Å². The first-order chi connectivity index (χ1) is 11.6. The number of amides is 1. The van der Waals surface area contributed by atoms with E-state index in [9.17, 15) is 4.79 Å². The van der Waals surface area contributed by atoms with Crippen LogP contribution in [0.25, 0.3) is 10.6 Å². The van der Waals surface area contributed by atoms with Crippen LogP contribution >= 0.6 is 34.5 Å². The molecule has 2 fully saturated rings. The quantitative estimate of drug-likeness (QED) is 0.886. The van der Waals surface area contributed by atoms with Crippen LogP contribution in [-0.4, -0.2) is 42.0 Å². The van der Waals surface area contributed by atoms with Gasteiger partial charge in [-0.2, -0.15) is 0 Å². The third-order valence-electron chi connectivity index (χ3n) is 4.79. The van der Waals surface area contributed by atoms with Crippen molar-refractivity contribution in [3.05, 3.63) is 39.3 Å². The zero-order chi connectivity index (χ0) is 16.7. The summed E-state index contributed by atoms with van der Waals surface area (Å²) in [7, 11) is 0. The molecule has 0 saturated carbocycles. The average Bonchev–Trinajstić information content (AvgIpc) is 3.22. The Bertz CT molecular complexity index is 767. The van der Waals surface area contributed by atoms with E-state index in [4.69, 9.17) is 23.2 Å². The summed E-state index contributed by atoms with van der Waals surface area (Å²) in [6, 6.07) is 5.37. The molecule has 0 aliphatic carbocycles. The second-order valence-corrected chi connectivity index (χ2v) is 8.12. The van der Waals surface area contributed by atoms with E-state index in [0.717, 1.165) is 42.4 Å². The zero-order valence-corrected chi connectivity index (χ0v) is 15.3. The molecule has 24 heavy (non-hydrogen) atoms. The molecule has 0 radical (unpaired) electrons. The van der Waals surface area contributed by atoms with E-state index in [2.05, 4.69) is 10.3 Å². The van der Waals surface area contributed by atoms with Gasteiger partial charge in [-0.25, -0.2) is 4.98 Å². The first-order valence-electron chi connectivity index (χ1n) is 7.98. The Kier molecular flexibility index (Phi) is 4.52. The molecular weight excluding hydrogens is 365 g/mol. The summed E-state index contributed by atoms with van der Waals surface area (Å²) < 4.78 is 0. The fourth-order valence-electron chi connectivity index (χ4n) is 3.50. The maximum atomic E-state index is 12.5. The minimum absolute atomic E-state index is 0.170. The van der Waals surface area contributed by atoms with Crippen molar-refractivity contribution in [2.24, 2.45) is 11.8 Å². The van der Waals surface area contributed by atoms with E-state index < -0.39 is 0 Å². The summed E-state index contributed by atoms with van der Waals surface area (Å²) >= 11 is 13.7. The van der Waals surface area contributed by atoms with Gasteiger partial charge in [0, 0.05) is 42.1 Å². The van der Waals surface area contributed by atoms with Crippen molar-refractivity contribution in [3.8, 4) is 10.6 Å². The van der Waals surface area contributed by atoms with Gasteiger partial charge in [-0.05, 0) is 30.0 Å². The number of carbonyl (C=O) groups excluding carboxylic acids is 1. The molecule has 0 spiro atoms. The molecule has 2 aliphatic heterocycles. The summed E-state index contributed by atoms with van der Waals surface area (Å²) in [6.07, 6.45) is 0.356. The number of nitrogens with one attached hydrogen (secondary N) is 1. The van der Waals surface area contributed by atoms with Gasteiger partial charge < -0.3 is 10.2 Å². The van der Waals surface area contributed by atoms with Gasteiger partial charge in [-0.3, -0.25) is 4.79 Å². The highest BCUT2D eigenvalue weighted by molar-refractivity contribution is 7.13. The van der Waals surface area contributed by atoms with Gasteiger partial charge >= 0.3 is 0 Å². The van der Waals surface area contributed by atoms with Crippen LogP contribution in [0, 0.1) is 11.8 Å². The van der Waals surface area contributed by atoms with E-state index in [0.29, 0.717) is 28.3 Å². The molecule has 7 heteroatoms. The van der Waals surface area contributed by atoms with E-state index in [1.807, 2.05) is 16.3 Å². The molecule has 1 N–H and O–H groups in total. The maximum absolute atomic E-state index is 12.5. The number of benzene rings is 1. The van der Waals surface area contributed by atoms with Crippen molar-refractivity contribution >= 4 is 40.4 Å². The Hall–Kier alpha value is -1.14. The van der Waals surface area contributed by atoms with Crippen LogP contribution in [0.4, 0.5) is 0 Å².